The Kier molecular flexibility index (Phi) is 10.3. The molecule has 20 nitrogen and oxygen atoms in total. The second kappa shape index (κ2) is 13.6. The van der Waals surface area contributed by atoms with Gasteiger partial charge in [-0.3, -0.25) is 18.9 Å². The number of nitrogens with two attached hydrogens (primary N) is 1. The fourth-order valence-corrected chi connectivity index (χ4v) is 5.25. The zero-order valence-electron chi connectivity index (χ0n) is 22.9. The molecule has 0 spiro atoms. The van der Waals surface area contributed by atoms with E-state index in [4.69, 9.17) is 10.6 Å². The van der Waals surface area contributed by atoms with Crippen LogP contribution in [0.1, 0.15) is 31.7 Å². The topological polar surface area (TPSA) is 305 Å². The van der Waals surface area contributed by atoms with Gasteiger partial charge in [0.05, 0.1) is 24.5 Å². The molecule has 0 aliphatic carbocycles. The van der Waals surface area contributed by atoms with E-state index in [-0.39, 0.29) is 33.2 Å². The number of nitrogen functional groups attached to an aromatic ring is 1. The first-order valence-electron chi connectivity index (χ1n) is 12.4. The molecule has 1 saturated heterocycles. The normalized spacial score (nSPS) is 17.5. The Morgan fingerprint density at radius 3 is 2.50 bits per heavy atom. The number of oxime groups is 1. The number of aromatic nitrogens is 2. The third-order valence-electron chi connectivity index (χ3n) is 5.91. The molecule has 0 radical (unpaired) electrons. The standard InChI is InChI=1S/C22H28N8O12S2/c1-9(2)3-15(20(35)36)42-28-16(11-8-43-21(23)26-11)18(33)27-17-12(30(19(17)34)44(39,40)41)6-25-22(37)24-5-10-4-13(31)14(32)7-29(10)38/h4,7-9,12,15,17,32,38H,3,5-6H2,1-2H3,(H2,23,26)(H,27,33)(H,35,36)(H2,24,25,37)(H,39,40,41)/t12-,15-,17-/m0/s1. The van der Waals surface area contributed by atoms with Crippen LogP contribution < -0.4 is 27.1 Å². The van der Waals surface area contributed by atoms with Crippen molar-refractivity contribution in [3.05, 3.63) is 39.3 Å². The van der Waals surface area contributed by atoms with Crippen LogP contribution in [0.2, 0.25) is 0 Å². The number of carboxylic acid groups (broad SMARTS) is 1. The molecule has 0 unspecified atom stereocenters. The van der Waals surface area contributed by atoms with E-state index in [9.17, 15) is 52.4 Å². The van der Waals surface area contributed by atoms with Crippen molar-refractivity contribution >= 4 is 56.3 Å². The average molecular weight is 661 g/mol. The summed E-state index contributed by atoms with van der Waals surface area (Å²) in [4.78, 5) is 70.3. The number of nitrogens with one attached hydrogen (secondary N) is 3. The molecule has 3 heterocycles. The number of hydrogen-bond donors (Lipinski definition) is 8. The van der Waals surface area contributed by atoms with Crippen LogP contribution in [0.3, 0.4) is 0 Å². The van der Waals surface area contributed by atoms with Gasteiger partial charge in [-0.15, -0.1) is 11.3 Å². The minimum atomic E-state index is -5.14. The van der Waals surface area contributed by atoms with Crippen molar-refractivity contribution in [1.82, 2.24) is 30.0 Å². The van der Waals surface area contributed by atoms with Crippen LogP contribution >= 0.6 is 11.3 Å². The Balaban J connectivity index is 1.76. The maximum absolute atomic E-state index is 13.2. The smallest absolute Gasteiger partial charge is 0.362 e. The largest absolute Gasteiger partial charge is 0.503 e. The van der Waals surface area contributed by atoms with Gasteiger partial charge in [0.15, 0.2) is 16.6 Å². The van der Waals surface area contributed by atoms with Crippen molar-refractivity contribution in [2.75, 3.05) is 12.3 Å². The molecule has 1 aliphatic heterocycles. The van der Waals surface area contributed by atoms with Gasteiger partial charge in [-0.05, 0) is 5.92 Å². The number of β-lactam (4-membered cyclic amide) rings is 1. The number of pyridine rings is 1. The van der Waals surface area contributed by atoms with Crippen molar-refractivity contribution in [2.45, 2.75) is 45.0 Å². The molecule has 240 valence electrons. The number of carboxylic acids is 1. The van der Waals surface area contributed by atoms with Crippen LogP contribution in [0.15, 0.2) is 27.6 Å². The average Bonchev–Trinajstić information content (AvgIpc) is 3.34. The SMILES string of the molecule is CC(C)C[C@H](ON=C(C(=O)N[C@@H]1C(=O)N(S(=O)(=O)O)[C@H]1CNC(=O)NCc1cc(=O)c(O)cn1O)c1csc(N)n1)C(=O)O. The number of amides is 4. The summed E-state index contributed by atoms with van der Waals surface area (Å²) in [7, 11) is -5.14. The summed E-state index contributed by atoms with van der Waals surface area (Å²) in [5.41, 5.74) is 3.91. The zero-order valence-corrected chi connectivity index (χ0v) is 24.5. The van der Waals surface area contributed by atoms with E-state index >= 15 is 0 Å². The molecule has 1 fully saturated rings. The highest BCUT2D eigenvalue weighted by Crippen LogP contribution is 2.24. The van der Waals surface area contributed by atoms with Gasteiger partial charge in [-0.25, -0.2) is 18.9 Å². The summed E-state index contributed by atoms with van der Waals surface area (Å²) in [5, 5.41) is 40.1. The zero-order chi connectivity index (χ0) is 32.9. The summed E-state index contributed by atoms with van der Waals surface area (Å²) >= 11 is 0.907. The van der Waals surface area contributed by atoms with Crippen molar-refractivity contribution in [2.24, 2.45) is 11.1 Å². The summed E-state index contributed by atoms with van der Waals surface area (Å²) in [6, 6.07) is -3.33. The third kappa shape index (κ3) is 8.11. The molecule has 2 aromatic heterocycles. The fraction of sp³-hybridized carbons (Fsp3) is 0.409. The van der Waals surface area contributed by atoms with Crippen molar-refractivity contribution in [3.63, 3.8) is 0 Å². The molecule has 22 heteroatoms. The van der Waals surface area contributed by atoms with E-state index in [2.05, 4.69) is 26.1 Å². The van der Waals surface area contributed by atoms with Gasteiger partial charge in [-0.2, -0.15) is 13.1 Å². The van der Waals surface area contributed by atoms with Crippen LogP contribution in [-0.4, -0.2) is 96.7 Å². The van der Waals surface area contributed by atoms with Crippen molar-refractivity contribution < 1.29 is 52.4 Å². The first-order chi connectivity index (χ1) is 20.5. The first-order valence-corrected chi connectivity index (χ1v) is 14.7. The summed E-state index contributed by atoms with van der Waals surface area (Å²) in [5.74, 6) is -4.67. The minimum Gasteiger partial charge on any atom is -0.503 e. The Morgan fingerprint density at radius 2 is 1.93 bits per heavy atom. The number of anilines is 1. The quantitative estimate of drug-likeness (QED) is 0.0381. The monoisotopic (exact) mass is 660 g/mol. The molecule has 1 aliphatic rings. The van der Waals surface area contributed by atoms with Gasteiger partial charge in [0, 0.05) is 24.4 Å². The molecular weight excluding hydrogens is 632 g/mol. The first kappa shape index (κ1) is 33.5. The van der Waals surface area contributed by atoms with Crippen molar-refractivity contribution in [3.8, 4) is 5.75 Å². The Hall–Kier alpha value is -4.96. The number of nitrogens with zero attached hydrogens (tertiary/aromatic N) is 4. The molecule has 9 N–H and O–H groups in total. The number of aliphatic carboxylic acids is 1. The van der Waals surface area contributed by atoms with Crippen LogP contribution in [0.4, 0.5) is 9.93 Å². The van der Waals surface area contributed by atoms with Crippen LogP contribution in [0, 0.1) is 5.92 Å². The molecule has 3 rings (SSSR count). The number of aromatic hydroxyl groups is 1. The maximum atomic E-state index is 13.2. The van der Waals surface area contributed by atoms with Crippen LogP contribution in [0.5, 0.6) is 5.75 Å². The lowest BCUT2D eigenvalue weighted by Crippen LogP contribution is -2.74. The van der Waals surface area contributed by atoms with E-state index in [1.807, 2.05) is 0 Å². The predicted octanol–water partition coefficient (Wildman–Crippen LogP) is -1.95. The number of carbonyl (C=O) groups is 4. The van der Waals surface area contributed by atoms with E-state index < -0.39 is 82.3 Å². The highest BCUT2D eigenvalue weighted by molar-refractivity contribution is 7.84. The number of rotatable bonds is 13. The lowest BCUT2D eigenvalue weighted by Gasteiger charge is -2.44. The Bertz CT molecular complexity index is 1640. The van der Waals surface area contributed by atoms with Gasteiger partial charge in [0.1, 0.15) is 11.7 Å². The fourth-order valence-electron chi connectivity index (χ4n) is 3.82. The number of thiazole rings is 1. The van der Waals surface area contributed by atoms with Crippen LogP contribution in [0.25, 0.3) is 0 Å². The molecule has 44 heavy (non-hydrogen) atoms. The molecule has 0 saturated carbocycles. The Labute approximate surface area is 252 Å². The van der Waals surface area contributed by atoms with E-state index in [0.717, 1.165) is 17.4 Å². The third-order valence-corrected chi connectivity index (χ3v) is 7.53. The summed E-state index contributed by atoms with van der Waals surface area (Å²) in [6.45, 7) is 2.38. The van der Waals surface area contributed by atoms with Gasteiger partial charge < -0.3 is 41.9 Å². The van der Waals surface area contributed by atoms with E-state index in [1.165, 1.54) is 5.38 Å². The summed E-state index contributed by atoms with van der Waals surface area (Å²) < 4.78 is 33.6. The highest BCUT2D eigenvalue weighted by Gasteiger charge is 2.54. The lowest BCUT2D eigenvalue weighted by atomic mass is 9.98. The predicted molar refractivity (Wildman–Crippen MR) is 149 cm³/mol. The Morgan fingerprint density at radius 1 is 1.25 bits per heavy atom. The van der Waals surface area contributed by atoms with Gasteiger partial charge in [-0.1, -0.05) is 19.0 Å². The molecule has 4 amide bonds. The van der Waals surface area contributed by atoms with Crippen molar-refractivity contribution in [1.29, 1.82) is 0 Å². The highest BCUT2D eigenvalue weighted by atomic mass is 32.2. The number of urea groups is 1. The van der Waals surface area contributed by atoms with E-state index in [1.54, 1.807) is 13.8 Å². The molecule has 0 bridgehead atoms. The molecule has 0 aromatic carbocycles. The number of hydrogen-bond acceptors (Lipinski definition) is 14. The summed E-state index contributed by atoms with van der Waals surface area (Å²) in [6.07, 6.45) is -0.730. The molecule has 3 atom stereocenters. The lowest BCUT2D eigenvalue weighted by molar-refractivity contribution is -0.151. The molecule has 2 aromatic rings. The van der Waals surface area contributed by atoms with E-state index in [0.29, 0.717) is 10.9 Å². The number of carbonyl (C=O) groups excluding carboxylic acids is 3. The van der Waals surface area contributed by atoms with Gasteiger partial charge in [0.25, 0.3) is 11.8 Å². The maximum Gasteiger partial charge on any atom is 0.362 e. The van der Waals surface area contributed by atoms with Gasteiger partial charge in [0.2, 0.25) is 11.5 Å². The minimum absolute atomic E-state index is 0.00771. The second-order valence-electron chi connectivity index (χ2n) is 9.63. The van der Waals surface area contributed by atoms with Crippen LogP contribution in [-0.2, 0) is 36.1 Å². The molecular formula is C22H28N8O12S2. The van der Waals surface area contributed by atoms with Gasteiger partial charge >= 0.3 is 22.3 Å². The second-order valence-corrected chi connectivity index (χ2v) is 11.8.